The van der Waals surface area contributed by atoms with Crippen LogP contribution in [0.5, 0.6) is 0 Å². The van der Waals surface area contributed by atoms with E-state index in [9.17, 15) is 4.79 Å². The molecule has 0 radical (unpaired) electrons. The van der Waals surface area contributed by atoms with Crippen molar-refractivity contribution in [3.05, 3.63) is 11.4 Å². The number of ether oxygens (including phenoxy) is 1. The largest absolute Gasteiger partial charge is 0.384 e. The maximum absolute atomic E-state index is 10.8. The summed E-state index contributed by atoms with van der Waals surface area (Å²) >= 11 is 0. The quantitative estimate of drug-likeness (QED) is 0.664. The SMILES string of the molecule is CCC(C)n1nnc(C=O)c1CCOC. The van der Waals surface area contributed by atoms with Crippen LogP contribution >= 0.6 is 0 Å². The fraction of sp³-hybridized carbons (Fsp3) is 0.700. The Labute approximate surface area is 89.4 Å². The first-order chi connectivity index (χ1) is 7.24. The molecule has 0 amide bonds. The van der Waals surface area contributed by atoms with Crippen LogP contribution < -0.4 is 0 Å². The van der Waals surface area contributed by atoms with Gasteiger partial charge in [-0.25, -0.2) is 4.68 Å². The number of hydrogen-bond donors (Lipinski definition) is 0. The maximum Gasteiger partial charge on any atom is 0.172 e. The van der Waals surface area contributed by atoms with Gasteiger partial charge < -0.3 is 4.74 Å². The van der Waals surface area contributed by atoms with Gasteiger partial charge in [0.15, 0.2) is 6.29 Å². The lowest BCUT2D eigenvalue weighted by Crippen LogP contribution is -2.12. The lowest BCUT2D eigenvalue weighted by molar-refractivity contribution is 0.111. The third-order valence-corrected chi connectivity index (χ3v) is 2.48. The fourth-order valence-electron chi connectivity index (χ4n) is 1.39. The van der Waals surface area contributed by atoms with Crippen LogP contribution in [0, 0.1) is 0 Å². The zero-order valence-corrected chi connectivity index (χ0v) is 9.43. The van der Waals surface area contributed by atoms with Gasteiger partial charge in [0.2, 0.25) is 0 Å². The number of nitrogens with zero attached hydrogens (tertiary/aromatic N) is 3. The van der Waals surface area contributed by atoms with Crippen molar-refractivity contribution in [3.63, 3.8) is 0 Å². The molecule has 15 heavy (non-hydrogen) atoms. The monoisotopic (exact) mass is 211 g/mol. The van der Waals surface area contributed by atoms with E-state index in [4.69, 9.17) is 4.74 Å². The molecule has 0 N–H and O–H groups in total. The summed E-state index contributed by atoms with van der Waals surface area (Å²) in [6.45, 7) is 4.71. The van der Waals surface area contributed by atoms with Crippen LogP contribution in [0.15, 0.2) is 0 Å². The number of carbonyl (C=O) groups excluding carboxylic acids is 1. The minimum Gasteiger partial charge on any atom is -0.384 e. The van der Waals surface area contributed by atoms with Crippen molar-refractivity contribution in [1.29, 1.82) is 0 Å². The molecule has 1 aromatic rings. The Morgan fingerprint density at radius 2 is 2.33 bits per heavy atom. The van der Waals surface area contributed by atoms with Gasteiger partial charge in [-0.15, -0.1) is 5.10 Å². The maximum atomic E-state index is 10.8. The zero-order valence-electron chi connectivity index (χ0n) is 9.43. The number of hydrogen-bond acceptors (Lipinski definition) is 4. The molecule has 1 heterocycles. The summed E-state index contributed by atoms with van der Waals surface area (Å²) in [5.74, 6) is 0. The second-order valence-electron chi connectivity index (χ2n) is 3.48. The van der Waals surface area contributed by atoms with Gasteiger partial charge in [0.1, 0.15) is 5.69 Å². The van der Waals surface area contributed by atoms with Crippen molar-refractivity contribution in [1.82, 2.24) is 15.0 Å². The molecule has 0 aliphatic rings. The van der Waals surface area contributed by atoms with E-state index < -0.39 is 0 Å². The van der Waals surface area contributed by atoms with Gasteiger partial charge >= 0.3 is 0 Å². The standard InChI is InChI=1S/C10H17N3O2/c1-4-8(2)13-10(5-6-15-3)9(7-14)11-12-13/h7-8H,4-6H2,1-3H3. The van der Waals surface area contributed by atoms with E-state index in [1.54, 1.807) is 7.11 Å². The summed E-state index contributed by atoms with van der Waals surface area (Å²) in [6.07, 6.45) is 2.38. The molecular weight excluding hydrogens is 194 g/mol. The van der Waals surface area contributed by atoms with Crippen molar-refractivity contribution in [3.8, 4) is 0 Å². The molecule has 0 bridgehead atoms. The van der Waals surface area contributed by atoms with Crippen LogP contribution in [0.25, 0.3) is 0 Å². The van der Waals surface area contributed by atoms with E-state index in [1.165, 1.54) is 0 Å². The van der Waals surface area contributed by atoms with Gasteiger partial charge in [-0.2, -0.15) is 0 Å². The van der Waals surface area contributed by atoms with Crippen LogP contribution in [0.2, 0.25) is 0 Å². The molecule has 1 atom stereocenters. The molecule has 5 nitrogen and oxygen atoms in total. The predicted molar refractivity (Wildman–Crippen MR) is 56.0 cm³/mol. The highest BCUT2D eigenvalue weighted by atomic mass is 16.5. The first kappa shape index (κ1) is 11.8. The first-order valence-corrected chi connectivity index (χ1v) is 5.12. The van der Waals surface area contributed by atoms with Crippen LogP contribution in [-0.4, -0.2) is 35.0 Å². The highest BCUT2D eigenvalue weighted by Crippen LogP contribution is 2.14. The molecule has 0 saturated heterocycles. The predicted octanol–water partition coefficient (Wildman–Crippen LogP) is 1.25. The molecule has 1 aromatic heterocycles. The Morgan fingerprint density at radius 3 is 2.87 bits per heavy atom. The minimum atomic E-state index is 0.262. The number of aldehydes is 1. The Bertz CT molecular complexity index is 322. The molecule has 1 rings (SSSR count). The summed E-state index contributed by atoms with van der Waals surface area (Å²) in [5.41, 5.74) is 1.29. The number of carbonyl (C=O) groups is 1. The van der Waals surface area contributed by atoms with E-state index in [0.717, 1.165) is 18.4 Å². The number of methoxy groups -OCH3 is 1. The summed E-state index contributed by atoms with van der Waals surface area (Å²) in [5, 5.41) is 7.84. The fourth-order valence-corrected chi connectivity index (χ4v) is 1.39. The molecular formula is C10H17N3O2. The van der Waals surface area contributed by atoms with Crippen molar-refractivity contribution in [2.75, 3.05) is 13.7 Å². The molecule has 1 unspecified atom stereocenters. The molecule has 0 fully saturated rings. The second kappa shape index (κ2) is 5.60. The van der Waals surface area contributed by atoms with Gasteiger partial charge in [-0.3, -0.25) is 4.79 Å². The molecule has 84 valence electrons. The molecule has 0 spiro atoms. The van der Waals surface area contributed by atoms with Crippen LogP contribution in [-0.2, 0) is 11.2 Å². The van der Waals surface area contributed by atoms with Gasteiger partial charge in [-0.1, -0.05) is 12.1 Å². The summed E-state index contributed by atoms with van der Waals surface area (Å²) in [7, 11) is 1.64. The van der Waals surface area contributed by atoms with E-state index in [-0.39, 0.29) is 6.04 Å². The lowest BCUT2D eigenvalue weighted by atomic mass is 10.2. The van der Waals surface area contributed by atoms with Gasteiger partial charge in [-0.05, 0) is 13.3 Å². The van der Waals surface area contributed by atoms with E-state index in [0.29, 0.717) is 18.7 Å². The highest BCUT2D eigenvalue weighted by Gasteiger charge is 2.15. The van der Waals surface area contributed by atoms with Gasteiger partial charge in [0.25, 0.3) is 0 Å². The topological polar surface area (TPSA) is 57.0 Å². The number of rotatable bonds is 6. The van der Waals surface area contributed by atoms with Crippen LogP contribution in [0.4, 0.5) is 0 Å². The molecule has 0 aliphatic heterocycles. The summed E-state index contributed by atoms with van der Waals surface area (Å²) in [4.78, 5) is 10.8. The van der Waals surface area contributed by atoms with E-state index >= 15 is 0 Å². The summed E-state index contributed by atoms with van der Waals surface area (Å²) < 4.78 is 6.81. The minimum absolute atomic E-state index is 0.262. The van der Waals surface area contributed by atoms with Crippen molar-refractivity contribution in [2.24, 2.45) is 0 Å². The highest BCUT2D eigenvalue weighted by molar-refractivity contribution is 5.73. The van der Waals surface area contributed by atoms with Gasteiger partial charge in [0, 0.05) is 13.5 Å². The Kier molecular flexibility index (Phi) is 4.42. The second-order valence-corrected chi connectivity index (χ2v) is 3.48. The molecule has 0 saturated carbocycles. The molecule has 0 aliphatic carbocycles. The van der Waals surface area contributed by atoms with Crippen LogP contribution in [0.3, 0.4) is 0 Å². The van der Waals surface area contributed by atoms with Crippen molar-refractivity contribution >= 4 is 6.29 Å². The number of aromatic nitrogens is 3. The normalized spacial score (nSPS) is 12.7. The zero-order chi connectivity index (χ0) is 11.3. The van der Waals surface area contributed by atoms with Crippen molar-refractivity contribution in [2.45, 2.75) is 32.7 Å². The Balaban J connectivity index is 2.94. The van der Waals surface area contributed by atoms with E-state index in [1.807, 2.05) is 4.68 Å². The first-order valence-electron chi connectivity index (χ1n) is 5.12. The van der Waals surface area contributed by atoms with E-state index in [2.05, 4.69) is 24.2 Å². The smallest absolute Gasteiger partial charge is 0.172 e. The van der Waals surface area contributed by atoms with Crippen LogP contribution in [0.1, 0.15) is 42.5 Å². The third kappa shape index (κ3) is 2.62. The molecule has 0 aromatic carbocycles. The lowest BCUT2D eigenvalue weighted by Gasteiger charge is -2.12. The third-order valence-electron chi connectivity index (χ3n) is 2.48. The average molecular weight is 211 g/mol. The Hall–Kier alpha value is -1.23. The van der Waals surface area contributed by atoms with Crippen molar-refractivity contribution < 1.29 is 9.53 Å². The average Bonchev–Trinajstić information content (AvgIpc) is 2.67. The molecule has 5 heteroatoms. The summed E-state index contributed by atoms with van der Waals surface area (Å²) in [6, 6.07) is 0.262. The Morgan fingerprint density at radius 1 is 1.60 bits per heavy atom. The van der Waals surface area contributed by atoms with Gasteiger partial charge in [0.05, 0.1) is 18.3 Å².